The average Bonchev–Trinajstić information content (AvgIpc) is 2.75. The monoisotopic (exact) mass is 277 g/mol. The van der Waals surface area contributed by atoms with E-state index >= 15 is 0 Å². The second kappa shape index (κ2) is 5.63. The first-order valence-corrected chi connectivity index (χ1v) is 7.13. The Balaban J connectivity index is 2.10. The van der Waals surface area contributed by atoms with Crippen molar-refractivity contribution in [2.45, 2.75) is 32.9 Å². The van der Waals surface area contributed by atoms with Crippen molar-refractivity contribution in [1.29, 1.82) is 0 Å². The van der Waals surface area contributed by atoms with Gasteiger partial charge in [0.25, 0.3) is 0 Å². The lowest BCUT2D eigenvalue weighted by molar-refractivity contribution is 0.428. The number of benzene rings is 1. The molecule has 102 valence electrons. The highest BCUT2D eigenvalue weighted by molar-refractivity contribution is 7.12. The highest BCUT2D eigenvalue weighted by Crippen LogP contribution is 2.30. The molecule has 0 amide bonds. The quantitative estimate of drug-likeness (QED) is 0.795. The van der Waals surface area contributed by atoms with Crippen LogP contribution < -0.4 is 5.32 Å². The Morgan fingerprint density at radius 1 is 1.05 bits per heavy atom. The van der Waals surface area contributed by atoms with Gasteiger partial charge in [0.15, 0.2) is 0 Å². The van der Waals surface area contributed by atoms with E-state index in [4.69, 9.17) is 0 Å². The fourth-order valence-electron chi connectivity index (χ4n) is 2.13. The van der Waals surface area contributed by atoms with Gasteiger partial charge in [-0.1, -0.05) is 6.07 Å². The van der Waals surface area contributed by atoms with E-state index in [1.165, 1.54) is 15.8 Å². The summed E-state index contributed by atoms with van der Waals surface area (Å²) in [5, 5.41) is 22.6. The van der Waals surface area contributed by atoms with E-state index < -0.39 is 0 Å². The van der Waals surface area contributed by atoms with Crippen LogP contribution in [0, 0.1) is 6.92 Å². The van der Waals surface area contributed by atoms with Crippen LogP contribution in [0.25, 0.3) is 0 Å². The van der Waals surface area contributed by atoms with Gasteiger partial charge >= 0.3 is 0 Å². The summed E-state index contributed by atoms with van der Waals surface area (Å²) in [5.41, 5.74) is 0.790. The van der Waals surface area contributed by atoms with Gasteiger partial charge in [0.2, 0.25) is 0 Å². The van der Waals surface area contributed by atoms with Gasteiger partial charge in [-0.25, -0.2) is 0 Å². The van der Waals surface area contributed by atoms with Crippen LogP contribution in [0.2, 0.25) is 0 Å². The molecule has 3 nitrogen and oxygen atoms in total. The minimum absolute atomic E-state index is 0.0120. The Bertz CT molecular complexity index is 565. The number of hydrogen-bond donors (Lipinski definition) is 3. The Morgan fingerprint density at radius 2 is 1.79 bits per heavy atom. The molecule has 0 aliphatic rings. The van der Waals surface area contributed by atoms with Crippen LogP contribution in [0.15, 0.2) is 30.3 Å². The summed E-state index contributed by atoms with van der Waals surface area (Å²) in [6.45, 7) is 6.21. The first-order chi connectivity index (χ1) is 8.97. The second-order valence-electron chi connectivity index (χ2n) is 4.80. The van der Waals surface area contributed by atoms with Crippen LogP contribution in [0.5, 0.6) is 11.5 Å². The van der Waals surface area contributed by atoms with Gasteiger partial charge in [-0.2, -0.15) is 0 Å². The second-order valence-corrected chi connectivity index (χ2v) is 6.12. The Kier molecular flexibility index (Phi) is 4.12. The SMILES string of the molecule is Cc1ccc(C(C)NC(C)c2ccc(O)cc2O)s1. The molecule has 2 rings (SSSR count). The molecular weight excluding hydrogens is 258 g/mol. The third-order valence-electron chi connectivity index (χ3n) is 3.17. The molecule has 19 heavy (non-hydrogen) atoms. The molecule has 2 atom stereocenters. The molecule has 0 saturated heterocycles. The summed E-state index contributed by atoms with van der Waals surface area (Å²) in [6, 6.07) is 9.18. The number of aromatic hydroxyl groups is 2. The first-order valence-electron chi connectivity index (χ1n) is 6.31. The smallest absolute Gasteiger partial charge is 0.124 e. The lowest BCUT2D eigenvalue weighted by Gasteiger charge is -2.20. The fourth-order valence-corrected chi connectivity index (χ4v) is 3.02. The van der Waals surface area contributed by atoms with E-state index in [9.17, 15) is 10.2 Å². The molecule has 3 N–H and O–H groups in total. The van der Waals surface area contributed by atoms with Crippen LogP contribution in [-0.2, 0) is 0 Å². The van der Waals surface area contributed by atoms with Crippen LogP contribution in [0.3, 0.4) is 0 Å². The molecule has 0 spiro atoms. The Labute approximate surface area is 117 Å². The van der Waals surface area contributed by atoms with Crippen molar-refractivity contribution in [2.75, 3.05) is 0 Å². The minimum Gasteiger partial charge on any atom is -0.508 e. The van der Waals surface area contributed by atoms with Crippen LogP contribution in [0.4, 0.5) is 0 Å². The Morgan fingerprint density at radius 3 is 2.37 bits per heavy atom. The minimum atomic E-state index is 0.0120. The zero-order chi connectivity index (χ0) is 14.0. The van der Waals surface area contributed by atoms with Crippen LogP contribution in [-0.4, -0.2) is 10.2 Å². The van der Waals surface area contributed by atoms with E-state index in [1.54, 1.807) is 23.5 Å². The number of hydrogen-bond acceptors (Lipinski definition) is 4. The zero-order valence-electron chi connectivity index (χ0n) is 11.3. The molecule has 0 fully saturated rings. The van der Waals surface area contributed by atoms with Crippen molar-refractivity contribution < 1.29 is 10.2 Å². The van der Waals surface area contributed by atoms with E-state index in [-0.39, 0.29) is 23.6 Å². The van der Waals surface area contributed by atoms with E-state index in [1.807, 2.05) is 6.92 Å². The van der Waals surface area contributed by atoms with E-state index in [2.05, 4.69) is 31.3 Å². The molecule has 1 heterocycles. The number of aryl methyl sites for hydroxylation is 1. The predicted molar refractivity (Wildman–Crippen MR) is 78.8 cm³/mol. The Hall–Kier alpha value is -1.52. The van der Waals surface area contributed by atoms with Crippen molar-refractivity contribution in [1.82, 2.24) is 5.32 Å². The summed E-state index contributed by atoms with van der Waals surface area (Å²) in [5.74, 6) is 0.199. The summed E-state index contributed by atoms with van der Waals surface area (Å²) in [6.07, 6.45) is 0. The van der Waals surface area contributed by atoms with Crippen molar-refractivity contribution >= 4 is 11.3 Å². The van der Waals surface area contributed by atoms with Crippen molar-refractivity contribution in [2.24, 2.45) is 0 Å². The lowest BCUT2D eigenvalue weighted by Crippen LogP contribution is -2.21. The van der Waals surface area contributed by atoms with Gasteiger partial charge < -0.3 is 15.5 Å². The van der Waals surface area contributed by atoms with Crippen LogP contribution >= 0.6 is 11.3 Å². The lowest BCUT2D eigenvalue weighted by atomic mass is 10.1. The maximum atomic E-state index is 9.85. The maximum absolute atomic E-state index is 9.85. The van der Waals surface area contributed by atoms with Gasteiger partial charge in [-0.3, -0.25) is 0 Å². The summed E-state index contributed by atoms with van der Waals surface area (Å²) < 4.78 is 0. The predicted octanol–water partition coefficient (Wildman–Crippen LogP) is 3.88. The molecule has 0 radical (unpaired) electrons. The molecule has 0 aliphatic heterocycles. The van der Waals surface area contributed by atoms with Gasteiger partial charge in [-0.15, -0.1) is 11.3 Å². The number of phenols is 2. The molecule has 0 aliphatic carbocycles. The summed E-state index contributed by atoms with van der Waals surface area (Å²) in [4.78, 5) is 2.58. The van der Waals surface area contributed by atoms with E-state index in [0.717, 1.165) is 5.56 Å². The van der Waals surface area contributed by atoms with Gasteiger partial charge in [0, 0.05) is 33.5 Å². The number of thiophene rings is 1. The van der Waals surface area contributed by atoms with Gasteiger partial charge in [0.05, 0.1) is 0 Å². The standard InChI is InChI=1S/C15H19NO2S/c1-9-4-7-15(19-9)11(3)16-10(2)13-6-5-12(17)8-14(13)18/h4-8,10-11,16-18H,1-3H3. The number of nitrogens with one attached hydrogen (secondary N) is 1. The van der Waals surface area contributed by atoms with Crippen molar-refractivity contribution in [3.8, 4) is 11.5 Å². The molecule has 4 heteroatoms. The van der Waals surface area contributed by atoms with Gasteiger partial charge in [0.1, 0.15) is 11.5 Å². The highest BCUT2D eigenvalue weighted by Gasteiger charge is 2.15. The maximum Gasteiger partial charge on any atom is 0.124 e. The third-order valence-corrected chi connectivity index (χ3v) is 4.35. The number of rotatable bonds is 4. The van der Waals surface area contributed by atoms with Crippen molar-refractivity contribution in [3.05, 3.63) is 45.6 Å². The normalized spacial score (nSPS) is 14.3. The van der Waals surface area contributed by atoms with Crippen LogP contribution in [0.1, 0.15) is 41.2 Å². The van der Waals surface area contributed by atoms with Gasteiger partial charge in [-0.05, 0) is 39.0 Å². The molecule has 1 aromatic carbocycles. The third kappa shape index (κ3) is 3.28. The van der Waals surface area contributed by atoms with Crippen molar-refractivity contribution in [3.63, 3.8) is 0 Å². The molecule has 0 bridgehead atoms. The zero-order valence-corrected chi connectivity index (χ0v) is 12.2. The summed E-state index contributed by atoms with van der Waals surface area (Å²) in [7, 11) is 0. The fraction of sp³-hybridized carbons (Fsp3) is 0.333. The molecule has 1 aromatic heterocycles. The molecule has 2 aromatic rings. The largest absolute Gasteiger partial charge is 0.508 e. The average molecular weight is 277 g/mol. The van der Waals surface area contributed by atoms with E-state index in [0.29, 0.717) is 0 Å². The first kappa shape index (κ1) is 13.9. The molecule has 0 saturated carbocycles. The highest BCUT2D eigenvalue weighted by atomic mass is 32.1. The topological polar surface area (TPSA) is 52.5 Å². The number of phenolic OH excluding ortho intramolecular Hbond substituents is 2. The molecular formula is C15H19NO2S. The summed E-state index contributed by atoms with van der Waals surface area (Å²) >= 11 is 1.77. The molecule has 2 unspecified atom stereocenters.